The van der Waals surface area contributed by atoms with Crippen LogP contribution in [-0.2, 0) is 26.0 Å². The average molecular weight is 502 g/mol. The number of pyridine rings is 1. The highest BCUT2D eigenvalue weighted by Crippen LogP contribution is 2.29. The monoisotopic (exact) mass is 501 g/mol. The first-order valence-electron chi connectivity index (χ1n) is 11.2. The van der Waals surface area contributed by atoms with Gasteiger partial charge in [0.05, 0.1) is 11.3 Å². The molecule has 0 saturated heterocycles. The molecule has 10 nitrogen and oxygen atoms in total. The lowest BCUT2D eigenvalue weighted by Crippen LogP contribution is -2.34. The van der Waals surface area contributed by atoms with Crippen molar-refractivity contribution < 1.29 is 22.7 Å². The van der Waals surface area contributed by atoms with Crippen molar-refractivity contribution in [2.24, 2.45) is 0 Å². The molecule has 0 fully saturated rings. The van der Waals surface area contributed by atoms with Crippen LogP contribution >= 0.6 is 0 Å². The number of ether oxygens (including phenoxy) is 1. The van der Waals surface area contributed by atoms with Gasteiger partial charge in [0.2, 0.25) is 15.9 Å². The standard InChI is InChI=1S/C24H31N5O5S/c1-24(2,3)34-23(31)27-11-5-12-28-35(32,33)18-8-6-16(7-9-18)19-10-13-26-22-20(19)14-17(29-22)15-21(30)25-4/h6-10,13-14,28H,5,11-12,15H2,1-4H3,(H,25,30)(H,26,29)(H,27,31). The zero-order valence-corrected chi connectivity index (χ0v) is 21.1. The lowest BCUT2D eigenvalue weighted by atomic mass is 10.0. The Bertz CT molecular complexity index is 1290. The van der Waals surface area contributed by atoms with Crippen molar-refractivity contribution in [3.8, 4) is 11.1 Å². The molecule has 0 saturated carbocycles. The van der Waals surface area contributed by atoms with Crippen molar-refractivity contribution in [3.05, 3.63) is 48.3 Å². The molecule has 0 aliphatic rings. The summed E-state index contributed by atoms with van der Waals surface area (Å²) >= 11 is 0. The van der Waals surface area contributed by atoms with Crippen LogP contribution in [0.4, 0.5) is 4.79 Å². The number of aromatic nitrogens is 2. The third kappa shape index (κ3) is 7.27. The molecule has 0 radical (unpaired) electrons. The molecule has 0 bridgehead atoms. The second-order valence-corrected chi connectivity index (χ2v) is 10.7. The summed E-state index contributed by atoms with van der Waals surface area (Å²) in [5.74, 6) is -0.110. The molecular weight excluding hydrogens is 470 g/mol. The number of carbonyl (C=O) groups excluding carboxylic acids is 2. The Kier molecular flexibility index (Phi) is 8.13. The van der Waals surface area contributed by atoms with E-state index in [9.17, 15) is 18.0 Å². The van der Waals surface area contributed by atoms with Crippen LogP contribution in [0.15, 0.2) is 47.5 Å². The minimum atomic E-state index is -3.70. The minimum absolute atomic E-state index is 0.110. The predicted molar refractivity (Wildman–Crippen MR) is 133 cm³/mol. The Morgan fingerprint density at radius 3 is 2.46 bits per heavy atom. The van der Waals surface area contributed by atoms with Gasteiger partial charge in [0, 0.05) is 37.4 Å². The summed E-state index contributed by atoms with van der Waals surface area (Å²) in [5.41, 5.74) is 2.50. The Morgan fingerprint density at radius 1 is 1.09 bits per heavy atom. The number of alkyl carbamates (subject to hydrolysis) is 1. The highest BCUT2D eigenvalue weighted by molar-refractivity contribution is 7.89. The van der Waals surface area contributed by atoms with Crippen molar-refractivity contribution in [2.45, 2.75) is 44.1 Å². The van der Waals surface area contributed by atoms with E-state index in [-0.39, 0.29) is 30.3 Å². The van der Waals surface area contributed by atoms with Crippen molar-refractivity contribution in [3.63, 3.8) is 0 Å². The first-order valence-corrected chi connectivity index (χ1v) is 12.7. The van der Waals surface area contributed by atoms with Crippen LogP contribution in [0, 0.1) is 0 Å². The fourth-order valence-corrected chi connectivity index (χ4v) is 4.46. The number of nitrogens with zero attached hydrogens (tertiary/aromatic N) is 1. The minimum Gasteiger partial charge on any atom is -0.444 e. The summed E-state index contributed by atoms with van der Waals surface area (Å²) in [6.45, 7) is 5.76. The highest BCUT2D eigenvalue weighted by atomic mass is 32.2. The van der Waals surface area contributed by atoms with E-state index in [2.05, 4.69) is 25.3 Å². The summed E-state index contributed by atoms with van der Waals surface area (Å²) < 4.78 is 33.0. The smallest absolute Gasteiger partial charge is 0.407 e. The molecule has 3 aromatic rings. The molecule has 4 N–H and O–H groups in total. The van der Waals surface area contributed by atoms with Gasteiger partial charge >= 0.3 is 6.09 Å². The summed E-state index contributed by atoms with van der Waals surface area (Å²) in [5, 5.41) is 6.03. The molecule has 0 aliphatic heterocycles. The van der Waals surface area contributed by atoms with Crippen molar-refractivity contribution >= 4 is 33.1 Å². The number of nitrogens with one attached hydrogen (secondary N) is 4. The van der Waals surface area contributed by atoms with Gasteiger partial charge in [-0.25, -0.2) is 22.9 Å². The van der Waals surface area contributed by atoms with E-state index in [1.807, 2.05) is 12.1 Å². The first-order chi connectivity index (χ1) is 16.5. The van der Waals surface area contributed by atoms with E-state index >= 15 is 0 Å². The summed E-state index contributed by atoms with van der Waals surface area (Å²) in [6, 6.07) is 10.3. The molecule has 1 aromatic carbocycles. The quantitative estimate of drug-likeness (QED) is 0.332. The molecule has 0 atom stereocenters. The van der Waals surface area contributed by atoms with E-state index < -0.39 is 21.7 Å². The van der Waals surface area contributed by atoms with Crippen LogP contribution in [-0.4, -0.2) is 56.1 Å². The van der Waals surface area contributed by atoms with Crippen molar-refractivity contribution in [1.82, 2.24) is 25.3 Å². The van der Waals surface area contributed by atoms with Gasteiger partial charge in [-0.15, -0.1) is 0 Å². The second kappa shape index (κ2) is 10.9. The average Bonchev–Trinajstić information content (AvgIpc) is 3.20. The zero-order chi connectivity index (χ0) is 25.6. The van der Waals surface area contributed by atoms with Gasteiger partial charge < -0.3 is 20.4 Å². The van der Waals surface area contributed by atoms with Crippen LogP contribution in [0.2, 0.25) is 0 Å². The Labute approximate surface area is 204 Å². The fourth-order valence-electron chi connectivity index (χ4n) is 3.39. The number of H-pyrrole nitrogens is 1. The summed E-state index contributed by atoms with van der Waals surface area (Å²) in [7, 11) is -2.12. The Hall–Kier alpha value is -3.44. The summed E-state index contributed by atoms with van der Waals surface area (Å²) in [6.07, 6.45) is 1.75. The van der Waals surface area contributed by atoms with Crippen molar-refractivity contribution in [2.75, 3.05) is 20.1 Å². The molecule has 2 amide bonds. The topological polar surface area (TPSA) is 142 Å². The van der Waals surface area contributed by atoms with Gasteiger partial charge in [0.15, 0.2) is 0 Å². The molecule has 11 heteroatoms. The number of rotatable bonds is 9. The van der Waals surface area contributed by atoms with E-state index in [1.165, 1.54) is 0 Å². The third-order valence-electron chi connectivity index (χ3n) is 5.01. The van der Waals surface area contributed by atoms with E-state index in [0.717, 1.165) is 22.2 Å². The second-order valence-electron chi connectivity index (χ2n) is 8.97. The maximum absolute atomic E-state index is 12.6. The molecule has 2 heterocycles. The number of hydrogen-bond acceptors (Lipinski definition) is 6. The molecule has 0 unspecified atom stereocenters. The van der Waals surface area contributed by atoms with Gasteiger partial charge in [0.1, 0.15) is 11.2 Å². The lowest BCUT2D eigenvalue weighted by molar-refractivity contribution is -0.120. The van der Waals surface area contributed by atoms with E-state index in [4.69, 9.17) is 4.74 Å². The van der Waals surface area contributed by atoms with Crippen LogP contribution in [0.25, 0.3) is 22.2 Å². The number of likely N-dealkylation sites (N-methyl/N-ethyl adjacent to an activating group) is 1. The predicted octanol–water partition coefficient (Wildman–Crippen LogP) is 2.71. The Balaban J connectivity index is 1.62. The van der Waals surface area contributed by atoms with Gasteiger partial charge in [-0.1, -0.05) is 12.1 Å². The number of amides is 2. The van der Waals surface area contributed by atoms with Crippen LogP contribution in [0.1, 0.15) is 32.9 Å². The molecule has 188 valence electrons. The van der Waals surface area contributed by atoms with Crippen molar-refractivity contribution in [1.29, 1.82) is 0 Å². The number of hydrogen-bond donors (Lipinski definition) is 4. The van der Waals surface area contributed by atoms with Gasteiger partial charge in [0.25, 0.3) is 0 Å². The zero-order valence-electron chi connectivity index (χ0n) is 20.3. The third-order valence-corrected chi connectivity index (χ3v) is 6.48. The highest BCUT2D eigenvalue weighted by Gasteiger charge is 2.17. The van der Waals surface area contributed by atoms with Crippen LogP contribution in [0.5, 0.6) is 0 Å². The number of carbonyl (C=O) groups is 2. The van der Waals surface area contributed by atoms with E-state index in [1.54, 1.807) is 58.3 Å². The maximum Gasteiger partial charge on any atom is 0.407 e. The fraction of sp³-hybridized carbons (Fsp3) is 0.375. The van der Waals surface area contributed by atoms with Gasteiger partial charge in [-0.2, -0.15) is 0 Å². The van der Waals surface area contributed by atoms with E-state index in [0.29, 0.717) is 12.1 Å². The molecule has 35 heavy (non-hydrogen) atoms. The normalized spacial score (nSPS) is 11.9. The number of benzene rings is 1. The largest absolute Gasteiger partial charge is 0.444 e. The Morgan fingerprint density at radius 2 is 1.80 bits per heavy atom. The van der Waals surface area contributed by atoms with Gasteiger partial charge in [-0.3, -0.25) is 4.79 Å². The van der Waals surface area contributed by atoms with Crippen LogP contribution < -0.4 is 15.4 Å². The number of sulfonamides is 1. The lowest BCUT2D eigenvalue weighted by Gasteiger charge is -2.19. The number of fused-ring (bicyclic) bond motifs is 1. The molecule has 0 aliphatic carbocycles. The van der Waals surface area contributed by atoms with Gasteiger partial charge in [-0.05, 0) is 62.6 Å². The first kappa shape index (κ1) is 26.2. The molecule has 2 aromatic heterocycles. The number of aromatic amines is 1. The molecular formula is C24H31N5O5S. The van der Waals surface area contributed by atoms with Crippen LogP contribution in [0.3, 0.4) is 0 Å². The maximum atomic E-state index is 12.6. The molecule has 0 spiro atoms. The SMILES string of the molecule is CNC(=O)Cc1cc2c(-c3ccc(S(=O)(=O)NCCCNC(=O)OC(C)(C)C)cc3)ccnc2[nH]1. The summed E-state index contributed by atoms with van der Waals surface area (Å²) in [4.78, 5) is 30.9. The molecule has 3 rings (SSSR count).